The third-order valence-electron chi connectivity index (χ3n) is 4.21. The minimum absolute atomic E-state index is 0.133. The van der Waals surface area contributed by atoms with E-state index in [-0.39, 0.29) is 10.7 Å². The summed E-state index contributed by atoms with van der Waals surface area (Å²) < 4.78 is 29.4. The van der Waals surface area contributed by atoms with Crippen molar-refractivity contribution in [2.24, 2.45) is 0 Å². The molecular formula is C21H17BrN4O2S. The summed E-state index contributed by atoms with van der Waals surface area (Å²) in [6, 6.07) is 21.5. The SMILES string of the molecule is Cc1cccc(S(=O)(=O)Nc2nc3ccccc3nc2Nc2ccc(Br)cc2)c1. The molecule has 0 unspecified atom stereocenters. The van der Waals surface area contributed by atoms with E-state index in [2.05, 4.69) is 35.9 Å². The average Bonchev–Trinajstić information content (AvgIpc) is 2.70. The molecule has 0 fully saturated rings. The number of aryl methyl sites for hydroxylation is 1. The van der Waals surface area contributed by atoms with Crippen LogP contribution in [0.15, 0.2) is 82.2 Å². The molecule has 4 rings (SSSR count). The second-order valence-corrected chi connectivity index (χ2v) is 9.06. The van der Waals surface area contributed by atoms with Crippen LogP contribution in [-0.2, 0) is 10.0 Å². The van der Waals surface area contributed by atoms with Gasteiger partial charge in [-0.25, -0.2) is 18.4 Å². The number of nitrogens with one attached hydrogen (secondary N) is 2. The summed E-state index contributed by atoms with van der Waals surface area (Å²) in [5.74, 6) is 0.454. The molecule has 0 aliphatic heterocycles. The number of hydrogen-bond donors (Lipinski definition) is 2. The van der Waals surface area contributed by atoms with Gasteiger partial charge in [-0.15, -0.1) is 0 Å². The molecule has 0 bridgehead atoms. The molecule has 3 aromatic carbocycles. The molecule has 0 atom stereocenters. The van der Waals surface area contributed by atoms with Gasteiger partial charge in [-0.3, -0.25) is 4.72 Å². The van der Waals surface area contributed by atoms with Crippen LogP contribution in [0.4, 0.5) is 17.3 Å². The van der Waals surface area contributed by atoms with E-state index in [1.54, 1.807) is 24.3 Å². The lowest BCUT2D eigenvalue weighted by atomic mass is 10.2. The first kappa shape index (κ1) is 19.4. The molecule has 4 aromatic rings. The zero-order chi connectivity index (χ0) is 20.4. The van der Waals surface area contributed by atoms with Crippen molar-refractivity contribution in [2.45, 2.75) is 11.8 Å². The van der Waals surface area contributed by atoms with E-state index in [1.165, 1.54) is 0 Å². The summed E-state index contributed by atoms with van der Waals surface area (Å²) in [4.78, 5) is 9.24. The molecule has 0 aliphatic rings. The predicted octanol–water partition coefficient (Wildman–Crippen LogP) is 5.25. The molecule has 0 radical (unpaired) electrons. The molecule has 0 spiro atoms. The maximum absolute atomic E-state index is 12.9. The molecule has 0 saturated carbocycles. The van der Waals surface area contributed by atoms with Gasteiger partial charge in [0.05, 0.1) is 15.9 Å². The lowest BCUT2D eigenvalue weighted by molar-refractivity contribution is 0.601. The van der Waals surface area contributed by atoms with Crippen LogP contribution in [0.5, 0.6) is 0 Å². The van der Waals surface area contributed by atoms with Crippen molar-refractivity contribution in [3.8, 4) is 0 Å². The third-order valence-corrected chi connectivity index (χ3v) is 6.07. The van der Waals surface area contributed by atoms with Gasteiger partial charge in [-0.1, -0.05) is 40.2 Å². The summed E-state index contributed by atoms with van der Waals surface area (Å²) in [6.45, 7) is 1.84. The van der Waals surface area contributed by atoms with Crippen molar-refractivity contribution in [3.63, 3.8) is 0 Å². The molecule has 1 aromatic heterocycles. The van der Waals surface area contributed by atoms with E-state index < -0.39 is 10.0 Å². The van der Waals surface area contributed by atoms with E-state index in [1.807, 2.05) is 55.5 Å². The van der Waals surface area contributed by atoms with Gasteiger partial charge >= 0.3 is 0 Å². The second kappa shape index (κ2) is 7.81. The number of nitrogens with zero attached hydrogens (tertiary/aromatic N) is 2. The van der Waals surface area contributed by atoms with Gasteiger partial charge in [0.25, 0.3) is 10.0 Å². The number of anilines is 3. The Kier molecular flexibility index (Phi) is 5.21. The van der Waals surface area contributed by atoms with Crippen LogP contribution in [0.1, 0.15) is 5.56 Å². The Morgan fingerprint density at radius 2 is 1.48 bits per heavy atom. The lowest BCUT2D eigenvalue weighted by Crippen LogP contribution is -2.16. The maximum Gasteiger partial charge on any atom is 0.263 e. The summed E-state index contributed by atoms with van der Waals surface area (Å²) in [5.41, 5.74) is 2.86. The average molecular weight is 469 g/mol. The Morgan fingerprint density at radius 3 is 2.14 bits per heavy atom. The molecular weight excluding hydrogens is 452 g/mol. The fourth-order valence-electron chi connectivity index (χ4n) is 2.80. The summed E-state index contributed by atoms with van der Waals surface area (Å²) in [7, 11) is -3.83. The van der Waals surface area contributed by atoms with Gasteiger partial charge in [0.2, 0.25) is 0 Å². The number of rotatable bonds is 5. The van der Waals surface area contributed by atoms with Crippen molar-refractivity contribution in [2.75, 3.05) is 10.0 Å². The number of benzene rings is 3. The topological polar surface area (TPSA) is 84.0 Å². The van der Waals surface area contributed by atoms with Gasteiger partial charge in [0, 0.05) is 10.2 Å². The normalized spacial score (nSPS) is 11.4. The Morgan fingerprint density at radius 1 is 0.828 bits per heavy atom. The smallest absolute Gasteiger partial charge is 0.263 e. The van der Waals surface area contributed by atoms with Gasteiger partial charge < -0.3 is 5.32 Å². The predicted molar refractivity (Wildman–Crippen MR) is 119 cm³/mol. The summed E-state index contributed by atoms with van der Waals surface area (Å²) >= 11 is 3.40. The van der Waals surface area contributed by atoms with Crippen molar-refractivity contribution in [1.29, 1.82) is 0 Å². The zero-order valence-corrected chi connectivity index (χ0v) is 17.8. The van der Waals surface area contributed by atoms with Gasteiger partial charge in [-0.05, 0) is 61.0 Å². The van der Waals surface area contributed by atoms with Crippen LogP contribution in [0.25, 0.3) is 11.0 Å². The van der Waals surface area contributed by atoms with Crippen molar-refractivity contribution >= 4 is 54.3 Å². The van der Waals surface area contributed by atoms with Crippen LogP contribution < -0.4 is 10.0 Å². The Labute approximate surface area is 177 Å². The molecule has 146 valence electrons. The van der Waals surface area contributed by atoms with E-state index in [0.717, 1.165) is 15.7 Å². The monoisotopic (exact) mass is 468 g/mol. The quantitative estimate of drug-likeness (QED) is 0.418. The first-order valence-corrected chi connectivity index (χ1v) is 11.1. The first-order valence-electron chi connectivity index (χ1n) is 8.80. The molecule has 6 nitrogen and oxygen atoms in total. The van der Waals surface area contributed by atoms with E-state index in [4.69, 9.17) is 0 Å². The second-order valence-electron chi connectivity index (χ2n) is 6.46. The molecule has 0 aliphatic carbocycles. The Balaban J connectivity index is 1.78. The number of para-hydroxylation sites is 2. The number of fused-ring (bicyclic) bond motifs is 1. The van der Waals surface area contributed by atoms with Crippen molar-refractivity contribution in [1.82, 2.24) is 9.97 Å². The van der Waals surface area contributed by atoms with E-state index >= 15 is 0 Å². The van der Waals surface area contributed by atoms with Crippen LogP contribution in [-0.4, -0.2) is 18.4 Å². The highest BCUT2D eigenvalue weighted by atomic mass is 79.9. The maximum atomic E-state index is 12.9. The summed E-state index contributed by atoms with van der Waals surface area (Å²) in [6.07, 6.45) is 0. The van der Waals surface area contributed by atoms with Crippen LogP contribution in [0, 0.1) is 6.92 Å². The number of halogens is 1. The largest absolute Gasteiger partial charge is 0.337 e. The van der Waals surface area contributed by atoms with Gasteiger partial charge in [-0.2, -0.15) is 0 Å². The minimum atomic E-state index is -3.83. The molecule has 2 N–H and O–H groups in total. The fourth-order valence-corrected chi connectivity index (χ4v) is 4.17. The first-order chi connectivity index (χ1) is 13.9. The van der Waals surface area contributed by atoms with Crippen LogP contribution >= 0.6 is 15.9 Å². The lowest BCUT2D eigenvalue weighted by Gasteiger charge is -2.14. The van der Waals surface area contributed by atoms with Gasteiger partial charge in [0.15, 0.2) is 11.6 Å². The Hall–Kier alpha value is -2.97. The number of hydrogen-bond acceptors (Lipinski definition) is 5. The van der Waals surface area contributed by atoms with Crippen molar-refractivity contribution in [3.05, 3.63) is 82.8 Å². The van der Waals surface area contributed by atoms with E-state index in [0.29, 0.717) is 16.9 Å². The fraction of sp³-hybridized carbons (Fsp3) is 0.0476. The van der Waals surface area contributed by atoms with Gasteiger partial charge in [0.1, 0.15) is 0 Å². The van der Waals surface area contributed by atoms with Crippen LogP contribution in [0.3, 0.4) is 0 Å². The molecule has 0 saturated heterocycles. The highest BCUT2D eigenvalue weighted by molar-refractivity contribution is 9.10. The molecule has 8 heteroatoms. The number of aromatic nitrogens is 2. The minimum Gasteiger partial charge on any atom is -0.337 e. The molecule has 1 heterocycles. The third kappa shape index (κ3) is 4.38. The van der Waals surface area contributed by atoms with Crippen molar-refractivity contribution < 1.29 is 8.42 Å². The Bertz CT molecular complexity index is 1290. The highest BCUT2D eigenvalue weighted by Crippen LogP contribution is 2.27. The molecule has 0 amide bonds. The molecule has 29 heavy (non-hydrogen) atoms. The standard InChI is InChI=1S/C21H17BrN4O2S/c1-14-5-4-6-17(13-14)29(27,28)26-21-20(23-16-11-9-15(22)10-12-16)24-18-7-2-3-8-19(18)25-21/h2-13H,1H3,(H,23,24)(H,25,26). The number of sulfonamides is 1. The highest BCUT2D eigenvalue weighted by Gasteiger charge is 2.19. The zero-order valence-electron chi connectivity index (χ0n) is 15.4. The van der Waals surface area contributed by atoms with E-state index in [9.17, 15) is 8.42 Å². The summed E-state index contributed by atoms with van der Waals surface area (Å²) in [5, 5.41) is 3.16. The van der Waals surface area contributed by atoms with Crippen LogP contribution in [0.2, 0.25) is 0 Å².